The van der Waals surface area contributed by atoms with Crippen LogP contribution in [-0.4, -0.2) is 43.6 Å². The Morgan fingerprint density at radius 1 is 1.25 bits per heavy atom. The van der Waals surface area contributed by atoms with E-state index >= 15 is 0 Å². The molecule has 4 heteroatoms. The van der Waals surface area contributed by atoms with E-state index in [0.717, 1.165) is 24.8 Å². The quantitative estimate of drug-likeness (QED) is 0.504. The van der Waals surface area contributed by atoms with Crippen LogP contribution >= 0.6 is 0 Å². The lowest BCUT2D eigenvalue weighted by Gasteiger charge is -2.22. The summed E-state index contributed by atoms with van der Waals surface area (Å²) in [6.07, 6.45) is 6.39. The molecule has 4 nitrogen and oxygen atoms in total. The van der Waals surface area contributed by atoms with Gasteiger partial charge in [-0.1, -0.05) is 26.7 Å². The van der Waals surface area contributed by atoms with Crippen LogP contribution in [0, 0.1) is 11.8 Å². The van der Waals surface area contributed by atoms with Crippen molar-refractivity contribution < 1.29 is 0 Å². The number of rotatable bonds is 9. The summed E-state index contributed by atoms with van der Waals surface area (Å²) < 4.78 is 0. The molecule has 0 spiro atoms. The van der Waals surface area contributed by atoms with Crippen LogP contribution in [-0.2, 0) is 0 Å². The highest BCUT2D eigenvalue weighted by atomic mass is 15.2. The summed E-state index contributed by atoms with van der Waals surface area (Å²) in [6, 6.07) is 0.961. The first-order valence-corrected chi connectivity index (χ1v) is 8.13. The fourth-order valence-electron chi connectivity index (χ4n) is 2.61. The van der Waals surface area contributed by atoms with Crippen LogP contribution in [0.1, 0.15) is 52.9 Å². The van der Waals surface area contributed by atoms with Crippen molar-refractivity contribution in [3.63, 3.8) is 0 Å². The van der Waals surface area contributed by atoms with E-state index in [1.54, 1.807) is 0 Å². The summed E-state index contributed by atoms with van der Waals surface area (Å²) in [6.45, 7) is 7.54. The van der Waals surface area contributed by atoms with Gasteiger partial charge in [-0.25, -0.2) is 0 Å². The van der Waals surface area contributed by atoms with Gasteiger partial charge in [-0.05, 0) is 52.1 Å². The highest BCUT2D eigenvalue weighted by molar-refractivity contribution is 5.78. The summed E-state index contributed by atoms with van der Waals surface area (Å²) in [7, 11) is 4.27. The Hall–Kier alpha value is -0.770. The van der Waals surface area contributed by atoms with Crippen molar-refractivity contribution in [2.24, 2.45) is 22.6 Å². The van der Waals surface area contributed by atoms with E-state index in [2.05, 4.69) is 50.1 Å². The van der Waals surface area contributed by atoms with E-state index in [1.807, 2.05) is 0 Å². The third kappa shape index (κ3) is 7.13. The number of nitrogens with one attached hydrogen (secondary N) is 1. The third-order valence-electron chi connectivity index (χ3n) is 4.09. The Balaban J connectivity index is 2.25. The lowest BCUT2D eigenvalue weighted by molar-refractivity contribution is 0.271. The molecule has 1 aliphatic rings. The molecule has 1 rings (SSSR count). The number of nitrogens with two attached hydrogens (primary N) is 1. The molecule has 1 fully saturated rings. The number of nitrogens with zero attached hydrogens (tertiary/aromatic N) is 2. The second kappa shape index (κ2) is 8.50. The van der Waals surface area contributed by atoms with Gasteiger partial charge in [-0.2, -0.15) is 0 Å². The van der Waals surface area contributed by atoms with Gasteiger partial charge in [0.2, 0.25) is 0 Å². The second-order valence-corrected chi connectivity index (χ2v) is 6.96. The molecule has 0 amide bonds. The molecule has 0 bridgehead atoms. The molecule has 0 aromatic heterocycles. The number of likely N-dealkylation sites (N-methyl/N-ethyl adjacent to an activating group) is 1. The SMILES string of the molecule is CC(C)CCCC(C)NC(N)=NCC(C1CC1)N(C)C. The topological polar surface area (TPSA) is 53.6 Å². The normalized spacial score (nSPS) is 19.4. The second-order valence-electron chi connectivity index (χ2n) is 6.96. The zero-order valence-electron chi connectivity index (χ0n) is 14.0. The van der Waals surface area contributed by atoms with Crippen LogP contribution < -0.4 is 11.1 Å². The number of hydrogen-bond donors (Lipinski definition) is 2. The van der Waals surface area contributed by atoms with Gasteiger partial charge in [0, 0.05) is 12.1 Å². The molecule has 1 saturated carbocycles. The molecule has 3 N–H and O–H groups in total. The van der Waals surface area contributed by atoms with Gasteiger partial charge in [0.15, 0.2) is 5.96 Å². The van der Waals surface area contributed by atoms with E-state index in [4.69, 9.17) is 5.73 Å². The largest absolute Gasteiger partial charge is 0.370 e. The van der Waals surface area contributed by atoms with Crippen molar-refractivity contribution in [1.29, 1.82) is 0 Å². The Morgan fingerprint density at radius 3 is 2.40 bits per heavy atom. The molecule has 2 atom stereocenters. The molecular formula is C16H34N4. The van der Waals surface area contributed by atoms with Crippen molar-refractivity contribution >= 4 is 5.96 Å². The van der Waals surface area contributed by atoms with Crippen LogP contribution in [0.2, 0.25) is 0 Å². The van der Waals surface area contributed by atoms with Crippen molar-refractivity contribution in [2.45, 2.75) is 65.0 Å². The lowest BCUT2D eigenvalue weighted by Crippen LogP contribution is -2.40. The van der Waals surface area contributed by atoms with Crippen LogP contribution in [0.4, 0.5) is 0 Å². The molecule has 0 aliphatic heterocycles. The van der Waals surface area contributed by atoms with E-state index in [9.17, 15) is 0 Å². The highest BCUT2D eigenvalue weighted by Gasteiger charge is 2.32. The van der Waals surface area contributed by atoms with Crippen LogP contribution in [0.3, 0.4) is 0 Å². The maximum Gasteiger partial charge on any atom is 0.188 e. The minimum Gasteiger partial charge on any atom is -0.370 e. The molecule has 0 heterocycles. The first kappa shape index (κ1) is 17.3. The molecule has 2 unspecified atom stereocenters. The fourth-order valence-corrected chi connectivity index (χ4v) is 2.61. The average Bonchev–Trinajstić information content (AvgIpc) is 3.12. The van der Waals surface area contributed by atoms with Crippen LogP contribution in [0.25, 0.3) is 0 Å². The maximum atomic E-state index is 6.00. The van der Waals surface area contributed by atoms with Gasteiger partial charge < -0.3 is 16.0 Å². The molecule has 0 aromatic rings. The van der Waals surface area contributed by atoms with Gasteiger partial charge in [0.05, 0.1) is 6.54 Å². The van der Waals surface area contributed by atoms with Gasteiger partial charge in [-0.3, -0.25) is 4.99 Å². The standard InChI is InChI=1S/C16H34N4/c1-12(2)7-6-8-13(3)19-16(17)18-11-15(20(4)5)14-9-10-14/h12-15H,6-11H2,1-5H3,(H3,17,18,19). The van der Waals surface area contributed by atoms with Crippen molar-refractivity contribution in [3.8, 4) is 0 Å². The summed E-state index contributed by atoms with van der Waals surface area (Å²) in [5.74, 6) is 2.21. The highest BCUT2D eigenvalue weighted by Crippen LogP contribution is 2.34. The fraction of sp³-hybridized carbons (Fsp3) is 0.938. The zero-order chi connectivity index (χ0) is 15.1. The first-order chi connectivity index (χ1) is 9.40. The first-order valence-electron chi connectivity index (χ1n) is 8.13. The van der Waals surface area contributed by atoms with E-state index in [1.165, 1.54) is 25.7 Å². The van der Waals surface area contributed by atoms with E-state index < -0.39 is 0 Å². The lowest BCUT2D eigenvalue weighted by atomic mass is 10.0. The average molecular weight is 282 g/mol. The molecule has 1 aliphatic carbocycles. The Bertz CT molecular complexity index is 293. The van der Waals surface area contributed by atoms with Gasteiger partial charge in [0.1, 0.15) is 0 Å². The summed E-state index contributed by atoms with van der Waals surface area (Å²) in [5.41, 5.74) is 6.00. The summed E-state index contributed by atoms with van der Waals surface area (Å²) in [4.78, 5) is 6.81. The monoisotopic (exact) mass is 282 g/mol. The molecule has 0 radical (unpaired) electrons. The number of hydrogen-bond acceptors (Lipinski definition) is 2. The number of aliphatic imine (C=N–C) groups is 1. The van der Waals surface area contributed by atoms with Crippen molar-refractivity contribution in [3.05, 3.63) is 0 Å². The minimum atomic E-state index is 0.413. The van der Waals surface area contributed by atoms with E-state index in [0.29, 0.717) is 18.0 Å². The zero-order valence-corrected chi connectivity index (χ0v) is 14.0. The Labute approximate surface area is 125 Å². The maximum absolute atomic E-state index is 6.00. The predicted molar refractivity (Wildman–Crippen MR) is 88.0 cm³/mol. The number of guanidine groups is 1. The molecule has 118 valence electrons. The van der Waals surface area contributed by atoms with E-state index in [-0.39, 0.29) is 0 Å². The smallest absolute Gasteiger partial charge is 0.188 e. The van der Waals surface area contributed by atoms with Crippen molar-refractivity contribution in [2.75, 3.05) is 20.6 Å². The van der Waals surface area contributed by atoms with Gasteiger partial charge in [0.25, 0.3) is 0 Å². The molecule has 0 aromatic carbocycles. The Morgan fingerprint density at radius 2 is 1.90 bits per heavy atom. The summed E-state index contributed by atoms with van der Waals surface area (Å²) >= 11 is 0. The van der Waals surface area contributed by atoms with Crippen LogP contribution in [0.5, 0.6) is 0 Å². The minimum absolute atomic E-state index is 0.413. The molecule has 20 heavy (non-hydrogen) atoms. The van der Waals surface area contributed by atoms with Crippen molar-refractivity contribution in [1.82, 2.24) is 10.2 Å². The Kier molecular flexibility index (Phi) is 7.35. The molecular weight excluding hydrogens is 248 g/mol. The third-order valence-corrected chi connectivity index (χ3v) is 4.09. The summed E-state index contributed by atoms with van der Waals surface area (Å²) in [5, 5.41) is 3.32. The van der Waals surface area contributed by atoms with Gasteiger partial charge >= 0.3 is 0 Å². The van der Waals surface area contributed by atoms with Gasteiger partial charge in [-0.15, -0.1) is 0 Å². The molecule has 0 saturated heterocycles. The predicted octanol–water partition coefficient (Wildman–Crippen LogP) is 2.45. The van der Waals surface area contributed by atoms with Crippen LogP contribution in [0.15, 0.2) is 4.99 Å².